The molecular weight excluding hydrogens is 486 g/mol. The lowest BCUT2D eigenvalue weighted by Crippen LogP contribution is -2.23. The van der Waals surface area contributed by atoms with E-state index in [1.54, 1.807) is 5.32 Å². The summed E-state index contributed by atoms with van der Waals surface area (Å²) < 4.78 is 134. The zero-order chi connectivity index (χ0) is 25.0. The highest BCUT2D eigenvalue weighted by molar-refractivity contribution is 5.98. The summed E-state index contributed by atoms with van der Waals surface area (Å²) in [5, 5.41) is 3.67. The van der Waals surface area contributed by atoms with Crippen LogP contribution in [-0.2, 0) is 6.18 Å². The third-order valence-electron chi connectivity index (χ3n) is 3.20. The smallest absolute Gasteiger partial charge is 0.422 e. The van der Waals surface area contributed by atoms with E-state index < -0.39 is 72.6 Å². The van der Waals surface area contributed by atoms with Crippen molar-refractivity contribution < 1.29 is 58.2 Å². The number of ether oxygens (including phenoxy) is 2. The molecule has 0 unspecified atom stereocenters. The average Bonchev–Trinajstić information content (AvgIpc) is 2.62. The number of anilines is 2. The second-order valence-electron chi connectivity index (χ2n) is 5.95. The minimum absolute atomic E-state index is 0.323. The molecule has 1 heterocycles. The molecule has 0 aliphatic carbocycles. The van der Waals surface area contributed by atoms with Crippen LogP contribution in [-0.4, -0.2) is 41.6 Å². The predicted molar refractivity (Wildman–Crippen MR) is 89.2 cm³/mol. The molecule has 2 N–H and O–H groups in total. The van der Waals surface area contributed by atoms with E-state index >= 15 is 0 Å². The van der Waals surface area contributed by atoms with Gasteiger partial charge in [-0.3, -0.25) is 5.32 Å². The van der Waals surface area contributed by atoms with Crippen LogP contribution in [0.1, 0.15) is 5.56 Å². The van der Waals surface area contributed by atoms with Gasteiger partial charge < -0.3 is 14.8 Å². The molecule has 1 aromatic carbocycles. The van der Waals surface area contributed by atoms with Crippen LogP contribution in [0.5, 0.6) is 11.8 Å². The van der Waals surface area contributed by atoms with Crippen molar-refractivity contribution in [2.24, 2.45) is 0 Å². The molecule has 33 heavy (non-hydrogen) atoms. The number of hydrogen-bond donors (Lipinski definition) is 2. The van der Waals surface area contributed by atoms with Gasteiger partial charge in [-0.15, -0.1) is 0 Å². The molecule has 0 fully saturated rings. The van der Waals surface area contributed by atoms with E-state index in [1.807, 2.05) is 5.32 Å². The highest BCUT2D eigenvalue weighted by Gasteiger charge is 2.34. The first-order chi connectivity index (χ1) is 15.0. The van der Waals surface area contributed by atoms with E-state index in [4.69, 9.17) is 0 Å². The number of nitrogens with zero attached hydrogens (tertiary/aromatic N) is 2. The maximum absolute atomic E-state index is 13.6. The number of urea groups is 1. The summed E-state index contributed by atoms with van der Waals surface area (Å²) in [5.74, 6) is -4.45. The van der Waals surface area contributed by atoms with Gasteiger partial charge in [0.1, 0.15) is 5.82 Å². The summed E-state index contributed by atoms with van der Waals surface area (Å²) >= 11 is 0. The number of halogens is 10. The van der Waals surface area contributed by atoms with Gasteiger partial charge in [-0.2, -0.15) is 49.5 Å². The molecule has 0 radical (unpaired) electrons. The highest BCUT2D eigenvalue weighted by atomic mass is 19.4. The molecule has 0 bridgehead atoms. The molecule has 2 aromatic rings. The Kier molecular flexibility index (Phi) is 7.43. The molecule has 0 atom stereocenters. The Balaban J connectivity index is 2.18. The normalized spacial score (nSPS) is 12.3. The summed E-state index contributed by atoms with van der Waals surface area (Å²) in [5.41, 5.74) is -2.09. The molecule has 1 aromatic heterocycles. The van der Waals surface area contributed by atoms with Crippen molar-refractivity contribution in [2.75, 3.05) is 23.8 Å². The maximum atomic E-state index is 13.6. The Morgan fingerprint density at radius 2 is 1.33 bits per heavy atom. The summed E-state index contributed by atoms with van der Waals surface area (Å²) in [4.78, 5) is 18.6. The minimum atomic E-state index is -5.00. The average molecular weight is 496 g/mol. The van der Waals surface area contributed by atoms with Crippen LogP contribution in [0.2, 0.25) is 0 Å². The predicted octanol–water partition coefficient (Wildman–Crippen LogP) is 5.16. The Bertz CT molecular complexity index is 956. The Hall–Kier alpha value is -3.53. The van der Waals surface area contributed by atoms with Crippen molar-refractivity contribution in [1.82, 2.24) is 9.97 Å². The molecule has 7 nitrogen and oxygen atoms in total. The second-order valence-corrected chi connectivity index (χ2v) is 5.95. The lowest BCUT2D eigenvalue weighted by atomic mass is 10.2. The number of carbonyl (C=O) groups is 1. The van der Waals surface area contributed by atoms with E-state index in [2.05, 4.69) is 19.4 Å². The van der Waals surface area contributed by atoms with E-state index in [0.717, 1.165) is 0 Å². The largest absolute Gasteiger partial charge is 0.468 e. The zero-order valence-corrected chi connectivity index (χ0v) is 15.6. The number of alkyl halides is 9. The molecule has 0 saturated heterocycles. The zero-order valence-electron chi connectivity index (χ0n) is 15.6. The molecule has 0 aliphatic heterocycles. The number of benzene rings is 1. The SMILES string of the molecule is O=C(Nc1ccc(C(F)(F)F)c(F)c1)Nc1nc(OCC(F)(F)F)cc(OCC(F)(F)F)n1. The lowest BCUT2D eigenvalue weighted by molar-refractivity contribution is -0.154. The summed E-state index contributed by atoms with van der Waals surface area (Å²) in [7, 11) is 0. The number of amides is 2. The van der Waals surface area contributed by atoms with Gasteiger partial charge in [-0.25, -0.2) is 9.18 Å². The van der Waals surface area contributed by atoms with Gasteiger partial charge in [-0.05, 0) is 18.2 Å². The van der Waals surface area contributed by atoms with Crippen LogP contribution >= 0.6 is 0 Å². The highest BCUT2D eigenvalue weighted by Crippen LogP contribution is 2.32. The fourth-order valence-electron chi connectivity index (χ4n) is 2.01. The fraction of sp³-hybridized carbons (Fsp3) is 0.312. The van der Waals surface area contributed by atoms with Crippen molar-refractivity contribution in [3.63, 3.8) is 0 Å². The molecule has 0 spiro atoms. The summed E-state index contributed by atoms with van der Waals surface area (Å²) in [6, 6.07) is 0.503. The van der Waals surface area contributed by atoms with E-state index in [-0.39, 0.29) is 0 Å². The van der Waals surface area contributed by atoms with Crippen LogP contribution < -0.4 is 20.1 Å². The van der Waals surface area contributed by atoms with Gasteiger partial charge in [0.2, 0.25) is 17.7 Å². The standard InChI is InChI=1S/C16H10F10N4O3/c17-9-3-7(1-2-8(9)16(24,25)26)27-13(31)30-12-28-10(32-5-14(18,19)20)4-11(29-12)33-6-15(21,22)23/h1-4H,5-6H2,(H2,27,28,29,30,31). The van der Waals surface area contributed by atoms with Crippen molar-refractivity contribution in [2.45, 2.75) is 18.5 Å². The third kappa shape index (κ3) is 8.85. The second kappa shape index (κ2) is 9.53. The van der Waals surface area contributed by atoms with Crippen LogP contribution in [0.15, 0.2) is 24.3 Å². The Morgan fingerprint density at radius 1 is 0.818 bits per heavy atom. The number of carbonyl (C=O) groups excluding carboxylic acids is 1. The lowest BCUT2D eigenvalue weighted by Gasteiger charge is -2.13. The van der Waals surface area contributed by atoms with Gasteiger partial charge in [0.15, 0.2) is 13.2 Å². The Labute approximate surface area is 176 Å². The molecule has 2 rings (SSSR count). The van der Waals surface area contributed by atoms with Crippen molar-refractivity contribution in [3.05, 3.63) is 35.6 Å². The topological polar surface area (TPSA) is 85.4 Å². The molecule has 0 aliphatic rings. The first kappa shape index (κ1) is 25.7. The van der Waals surface area contributed by atoms with Crippen LogP contribution in [0.3, 0.4) is 0 Å². The minimum Gasteiger partial charge on any atom is -0.468 e. The summed E-state index contributed by atoms with van der Waals surface area (Å²) in [6.45, 7) is -3.78. The van der Waals surface area contributed by atoms with Crippen molar-refractivity contribution in [1.29, 1.82) is 0 Å². The number of nitrogens with one attached hydrogen (secondary N) is 2. The first-order valence-electron chi connectivity index (χ1n) is 8.25. The molecule has 17 heteroatoms. The van der Waals surface area contributed by atoms with Crippen LogP contribution in [0.4, 0.5) is 60.3 Å². The van der Waals surface area contributed by atoms with Crippen molar-refractivity contribution >= 4 is 17.7 Å². The van der Waals surface area contributed by atoms with Crippen LogP contribution in [0.25, 0.3) is 0 Å². The summed E-state index contributed by atoms with van der Waals surface area (Å²) in [6.07, 6.45) is -14.7. The molecule has 0 saturated carbocycles. The van der Waals surface area contributed by atoms with Gasteiger partial charge in [0, 0.05) is 5.69 Å². The number of rotatable bonds is 6. The van der Waals surface area contributed by atoms with E-state index in [1.165, 1.54) is 0 Å². The van der Waals surface area contributed by atoms with E-state index in [0.29, 0.717) is 24.3 Å². The first-order valence-corrected chi connectivity index (χ1v) is 8.25. The fourth-order valence-corrected chi connectivity index (χ4v) is 2.01. The molecule has 182 valence electrons. The van der Waals surface area contributed by atoms with Gasteiger partial charge in [0.25, 0.3) is 0 Å². The van der Waals surface area contributed by atoms with Gasteiger partial charge >= 0.3 is 24.6 Å². The Morgan fingerprint density at radius 3 is 1.76 bits per heavy atom. The van der Waals surface area contributed by atoms with Gasteiger partial charge in [-0.1, -0.05) is 0 Å². The van der Waals surface area contributed by atoms with Crippen molar-refractivity contribution in [3.8, 4) is 11.8 Å². The van der Waals surface area contributed by atoms with Crippen LogP contribution in [0, 0.1) is 5.82 Å². The monoisotopic (exact) mass is 496 g/mol. The quantitative estimate of drug-likeness (QED) is 0.540. The molecule has 2 amide bonds. The number of aromatic nitrogens is 2. The third-order valence-corrected chi connectivity index (χ3v) is 3.20. The molecular formula is C16H10F10N4O3. The van der Waals surface area contributed by atoms with Gasteiger partial charge in [0.05, 0.1) is 11.6 Å². The van der Waals surface area contributed by atoms with E-state index in [9.17, 15) is 48.7 Å². The number of hydrogen-bond acceptors (Lipinski definition) is 5. The maximum Gasteiger partial charge on any atom is 0.422 e.